The molecule has 0 spiro atoms. The van der Waals surface area contributed by atoms with Gasteiger partial charge in [0.25, 0.3) is 0 Å². The lowest BCUT2D eigenvalue weighted by Gasteiger charge is -2.07. The number of nitrogen functional groups attached to an aromatic ring is 1. The van der Waals surface area contributed by atoms with E-state index in [0.29, 0.717) is 5.82 Å². The maximum absolute atomic E-state index is 6.08. The molecular weight excluding hydrogens is 210 g/mol. The van der Waals surface area contributed by atoms with Crippen LogP contribution in [0.4, 0.5) is 5.82 Å². The third kappa shape index (κ3) is 1.96. The fourth-order valence-corrected chi connectivity index (χ4v) is 2.08. The van der Waals surface area contributed by atoms with Gasteiger partial charge in [-0.3, -0.25) is 4.68 Å². The second kappa shape index (κ2) is 4.45. The van der Waals surface area contributed by atoms with Crippen molar-refractivity contribution < 1.29 is 0 Å². The first kappa shape index (κ1) is 11.5. The fraction of sp³-hybridized carbons (Fsp3) is 0.214. The van der Waals surface area contributed by atoms with Gasteiger partial charge in [-0.05, 0) is 25.0 Å². The summed E-state index contributed by atoms with van der Waals surface area (Å²) in [6.45, 7) is 4.01. The molecule has 0 unspecified atom stereocenters. The number of aryl methyl sites for hydroxylation is 2. The predicted octanol–water partition coefficient (Wildman–Crippen LogP) is 2.76. The zero-order valence-electron chi connectivity index (χ0n) is 10.4. The first-order valence-electron chi connectivity index (χ1n) is 5.66. The third-order valence-corrected chi connectivity index (χ3v) is 2.91. The first-order chi connectivity index (χ1) is 8.15. The monoisotopic (exact) mass is 227 g/mol. The van der Waals surface area contributed by atoms with Crippen LogP contribution in [0.25, 0.3) is 5.57 Å². The lowest BCUT2D eigenvalue weighted by atomic mass is 9.98. The Balaban J connectivity index is 2.59. The van der Waals surface area contributed by atoms with E-state index in [1.165, 1.54) is 0 Å². The van der Waals surface area contributed by atoms with Crippen LogP contribution >= 0.6 is 0 Å². The van der Waals surface area contributed by atoms with E-state index in [0.717, 1.165) is 22.4 Å². The molecule has 0 bridgehead atoms. The average molecular weight is 227 g/mol. The summed E-state index contributed by atoms with van der Waals surface area (Å²) in [5.41, 5.74) is 10.4. The summed E-state index contributed by atoms with van der Waals surface area (Å²) >= 11 is 0. The standard InChI is InChI=1S/C14H17N3/c1-4-12(11-8-6-5-7-9-11)13-10(2)16-17(3)14(13)15/h4-9H,15H2,1-3H3. The zero-order chi connectivity index (χ0) is 12.4. The van der Waals surface area contributed by atoms with Gasteiger partial charge < -0.3 is 5.73 Å². The van der Waals surface area contributed by atoms with E-state index >= 15 is 0 Å². The van der Waals surface area contributed by atoms with E-state index in [4.69, 9.17) is 5.73 Å². The van der Waals surface area contributed by atoms with E-state index in [9.17, 15) is 0 Å². The topological polar surface area (TPSA) is 43.8 Å². The third-order valence-electron chi connectivity index (χ3n) is 2.91. The highest BCUT2D eigenvalue weighted by Crippen LogP contribution is 2.29. The molecule has 1 heterocycles. The van der Waals surface area contributed by atoms with E-state index in [-0.39, 0.29) is 0 Å². The number of benzene rings is 1. The van der Waals surface area contributed by atoms with E-state index in [1.54, 1.807) is 4.68 Å². The molecule has 0 aliphatic carbocycles. The van der Waals surface area contributed by atoms with Crippen molar-refractivity contribution in [1.82, 2.24) is 9.78 Å². The fourth-order valence-electron chi connectivity index (χ4n) is 2.08. The maximum Gasteiger partial charge on any atom is 0.129 e. The number of aromatic nitrogens is 2. The zero-order valence-corrected chi connectivity index (χ0v) is 10.4. The summed E-state index contributed by atoms with van der Waals surface area (Å²) < 4.78 is 1.72. The first-order valence-corrected chi connectivity index (χ1v) is 5.66. The van der Waals surface area contributed by atoms with Crippen LogP contribution in [0.1, 0.15) is 23.7 Å². The maximum atomic E-state index is 6.08. The largest absolute Gasteiger partial charge is 0.383 e. The number of allylic oxidation sites excluding steroid dienone is 1. The van der Waals surface area contributed by atoms with Crippen molar-refractivity contribution in [2.75, 3.05) is 5.73 Å². The van der Waals surface area contributed by atoms with E-state index in [2.05, 4.69) is 23.3 Å². The second-order valence-corrected chi connectivity index (χ2v) is 4.04. The van der Waals surface area contributed by atoms with Gasteiger partial charge in [0.05, 0.1) is 5.69 Å². The minimum Gasteiger partial charge on any atom is -0.383 e. The molecule has 0 amide bonds. The molecule has 2 N–H and O–H groups in total. The van der Waals surface area contributed by atoms with Gasteiger partial charge in [0.1, 0.15) is 5.82 Å². The number of rotatable bonds is 2. The highest BCUT2D eigenvalue weighted by Gasteiger charge is 2.15. The highest BCUT2D eigenvalue weighted by molar-refractivity contribution is 5.85. The van der Waals surface area contributed by atoms with Crippen LogP contribution in [0.3, 0.4) is 0 Å². The molecule has 0 atom stereocenters. The number of nitrogens with zero attached hydrogens (tertiary/aromatic N) is 2. The van der Waals surface area contributed by atoms with Gasteiger partial charge in [-0.2, -0.15) is 5.10 Å². The van der Waals surface area contributed by atoms with Crippen LogP contribution < -0.4 is 5.73 Å². The Labute approximate surface area is 102 Å². The average Bonchev–Trinajstić information content (AvgIpc) is 2.58. The lowest BCUT2D eigenvalue weighted by Crippen LogP contribution is -1.99. The quantitative estimate of drug-likeness (QED) is 0.857. The van der Waals surface area contributed by atoms with E-state index < -0.39 is 0 Å². The summed E-state index contributed by atoms with van der Waals surface area (Å²) in [4.78, 5) is 0. The summed E-state index contributed by atoms with van der Waals surface area (Å²) in [6.07, 6.45) is 2.08. The van der Waals surface area contributed by atoms with Crippen LogP contribution in [-0.2, 0) is 7.05 Å². The van der Waals surface area contributed by atoms with Crippen LogP contribution in [0.5, 0.6) is 0 Å². The number of anilines is 1. The molecule has 0 aliphatic heterocycles. The van der Waals surface area contributed by atoms with Crippen molar-refractivity contribution in [1.29, 1.82) is 0 Å². The Kier molecular flexibility index (Phi) is 3.00. The van der Waals surface area contributed by atoms with Crippen molar-refractivity contribution >= 4 is 11.4 Å². The summed E-state index contributed by atoms with van der Waals surface area (Å²) in [7, 11) is 1.87. The highest BCUT2D eigenvalue weighted by atomic mass is 15.3. The molecule has 2 rings (SSSR count). The second-order valence-electron chi connectivity index (χ2n) is 4.04. The molecule has 17 heavy (non-hydrogen) atoms. The van der Waals surface area contributed by atoms with Gasteiger partial charge in [0, 0.05) is 12.6 Å². The Hall–Kier alpha value is -2.03. The molecular formula is C14H17N3. The molecule has 1 aromatic heterocycles. The molecule has 3 heteroatoms. The van der Waals surface area contributed by atoms with Crippen LogP contribution in [-0.4, -0.2) is 9.78 Å². The molecule has 1 aromatic carbocycles. The number of hydrogen-bond donors (Lipinski definition) is 1. The molecule has 0 saturated carbocycles. The lowest BCUT2D eigenvalue weighted by molar-refractivity contribution is 0.767. The molecule has 0 aliphatic rings. The minimum absolute atomic E-state index is 0.708. The van der Waals surface area contributed by atoms with Crippen molar-refractivity contribution in [3.05, 3.63) is 53.2 Å². The summed E-state index contributed by atoms with van der Waals surface area (Å²) in [6, 6.07) is 10.2. The van der Waals surface area contributed by atoms with Crippen LogP contribution in [0.15, 0.2) is 36.4 Å². The Morgan fingerprint density at radius 3 is 2.41 bits per heavy atom. The Bertz CT molecular complexity index is 550. The SMILES string of the molecule is CC=C(c1ccccc1)c1c(C)nn(C)c1N. The van der Waals surface area contributed by atoms with Crippen LogP contribution in [0.2, 0.25) is 0 Å². The number of hydrogen-bond acceptors (Lipinski definition) is 2. The van der Waals surface area contributed by atoms with Gasteiger partial charge in [0.15, 0.2) is 0 Å². The van der Waals surface area contributed by atoms with Crippen molar-refractivity contribution in [2.45, 2.75) is 13.8 Å². The molecule has 0 saturated heterocycles. The van der Waals surface area contributed by atoms with Crippen LogP contribution in [0, 0.1) is 6.92 Å². The molecule has 88 valence electrons. The molecule has 0 fully saturated rings. The van der Waals surface area contributed by atoms with E-state index in [1.807, 2.05) is 39.1 Å². The van der Waals surface area contributed by atoms with Gasteiger partial charge in [-0.15, -0.1) is 0 Å². The van der Waals surface area contributed by atoms with Gasteiger partial charge in [-0.25, -0.2) is 0 Å². The Morgan fingerprint density at radius 1 is 1.29 bits per heavy atom. The van der Waals surface area contributed by atoms with Crippen molar-refractivity contribution in [3.63, 3.8) is 0 Å². The smallest absolute Gasteiger partial charge is 0.129 e. The minimum atomic E-state index is 0.708. The van der Waals surface area contributed by atoms with Crippen molar-refractivity contribution in [3.8, 4) is 0 Å². The Morgan fingerprint density at radius 2 is 1.94 bits per heavy atom. The predicted molar refractivity (Wildman–Crippen MR) is 71.6 cm³/mol. The van der Waals surface area contributed by atoms with Gasteiger partial charge in [-0.1, -0.05) is 36.4 Å². The summed E-state index contributed by atoms with van der Waals surface area (Å²) in [5, 5.41) is 4.36. The van der Waals surface area contributed by atoms with Gasteiger partial charge >= 0.3 is 0 Å². The normalized spacial score (nSPS) is 11.8. The van der Waals surface area contributed by atoms with Crippen molar-refractivity contribution in [2.24, 2.45) is 7.05 Å². The molecule has 0 radical (unpaired) electrons. The molecule has 2 aromatic rings. The van der Waals surface area contributed by atoms with Gasteiger partial charge in [0.2, 0.25) is 0 Å². The number of nitrogens with two attached hydrogens (primary N) is 1. The molecule has 3 nitrogen and oxygen atoms in total. The summed E-state index contributed by atoms with van der Waals surface area (Å²) in [5.74, 6) is 0.708.